The van der Waals surface area contributed by atoms with Crippen molar-refractivity contribution in [2.45, 2.75) is 26.8 Å². The van der Waals surface area contributed by atoms with Crippen molar-refractivity contribution in [3.8, 4) is 0 Å². The van der Waals surface area contributed by atoms with Gasteiger partial charge in [-0.25, -0.2) is 14.5 Å². The first-order valence-corrected chi connectivity index (χ1v) is 5.35. The van der Waals surface area contributed by atoms with Crippen LogP contribution in [0.15, 0.2) is 6.33 Å². The highest BCUT2D eigenvalue weighted by molar-refractivity contribution is 5.84. The molecular weight excluding hydrogens is 210 g/mol. The fraction of sp³-hybridized carbons (Fsp3) is 0.700. The fourth-order valence-electron chi connectivity index (χ4n) is 1.14. The lowest BCUT2D eigenvalue weighted by Crippen LogP contribution is -2.14. The molecule has 1 rings (SSSR count). The minimum Gasteiger partial charge on any atom is -0.460 e. The van der Waals surface area contributed by atoms with Crippen LogP contribution in [0.25, 0.3) is 0 Å². The third-order valence-corrected chi connectivity index (χ3v) is 1.98. The van der Waals surface area contributed by atoms with E-state index in [0.717, 1.165) is 0 Å². The van der Waals surface area contributed by atoms with Crippen molar-refractivity contribution in [3.63, 3.8) is 0 Å². The normalized spacial score (nSPS) is 12.4. The maximum absolute atomic E-state index is 11.3. The molecule has 6 heteroatoms. The SMILES string of the molecule is CCOCC(C)n1cnc(C(=O)OCC)n1. The Kier molecular flexibility index (Phi) is 4.91. The quantitative estimate of drug-likeness (QED) is 0.680. The predicted molar refractivity (Wildman–Crippen MR) is 57.2 cm³/mol. The van der Waals surface area contributed by atoms with Crippen molar-refractivity contribution < 1.29 is 14.3 Å². The number of rotatable bonds is 6. The second kappa shape index (κ2) is 6.22. The van der Waals surface area contributed by atoms with E-state index in [1.165, 1.54) is 6.33 Å². The summed E-state index contributed by atoms with van der Waals surface area (Å²) in [5.41, 5.74) is 0. The Morgan fingerprint density at radius 3 is 2.88 bits per heavy atom. The minimum atomic E-state index is -0.496. The van der Waals surface area contributed by atoms with Crippen LogP contribution in [0.3, 0.4) is 0 Å². The number of hydrogen-bond donors (Lipinski definition) is 0. The first kappa shape index (κ1) is 12.6. The van der Waals surface area contributed by atoms with Gasteiger partial charge in [-0.2, -0.15) is 0 Å². The van der Waals surface area contributed by atoms with Gasteiger partial charge in [0, 0.05) is 6.61 Å². The van der Waals surface area contributed by atoms with E-state index in [4.69, 9.17) is 9.47 Å². The monoisotopic (exact) mass is 227 g/mol. The summed E-state index contributed by atoms with van der Waals surface area (Å²) in [5, 5.41) is 4.03. The van der Waals surface area contributed by atoms with E-state index in [0.29, 0.717) is 19.8 Å². The molecule has 1 atom stereocenters. The molecule has 90 valence electrons. The van der Waals surface area contributed by atoms with E-state index in [9.17, 15) is 4.79 Å². The van der Waals surface area contributed by atoms with Crippen molar-refractivity contribution in [1.82, 2.24) is 14.8 Å². The van der Waals surface area contributed by atoms with Crippen LogP contribution in [0.5, 0.6) is 0 Å². The molecule has 0 aliphatic rings. The maximum atomic E-state index is 11.3. The lowest BCUT2D eigenvalue weighted by Gasteiger charge is -2.10. The van der Waals surface area contributed by atoms with E-state index < -0.39 is 5.97 Å². The number of carbonyl (C=O) groups is 1. The summed E-state index contributed by atoms with van der Waals surface area (Å²) in [5.74, 6) is -0.407. The number of carbonyl (C=O) groups excluding carboxylic acids is 1. The van der Waals surface area contributed by atoms with Crippen LogP contribution in [0.1, 0.15) is 37.4 Å². The average molecular weight is 227 g/mol. The first-order chi connectivity index (χ1) is 7.69. The standard InChI is InChI=1S/C10H17N3O3/c1-4-15-6-8(3)13-7-11-9(12-13)10(14)16-5-2/h7-8H,4-6H2,1-3H3. The van der Waals surface area contributed by atoms with E-state index in [1.54, 1.807) is 11.6 Å². The summed E-state index contributed by atoms with van der Waals surface area (Å²) in [7, 11) is 0. The zero-order chi connectivity index (χ0) is 12.0. The number of esters is 1. The summed E-state index contributed by atoms with van der Waals surface area (Å²) < 4.78 is 11.7. The molecule has 0 aliphatic heterocycles. The molecule has 0 saturated carbocycles. The molecule has 1 aromatic heterocycles. The summed E-state index contributed by atoms with van der Waals surface area (Å²) in [6, 6.07) is 0.0515. The van der Waals surface area contributed by atoms with Crippen LogP contribution in [-0.4, -0.2) is 40.6 Å². The molecule has 0 bridgehead atoms. The van der Waals surface area contributed by atoms with Crippen molar-refractivity contribution in [3.05, 3.63) is 12.2 Å². The van der Waals surface area contributed by atoms with Crippen LogP contribution in [-0.2, 0) is 9.47 Å². The van der Waals surface area contributed by atoms with Gasteiger partial charge in [0.25, 0.3) is 5.82 Å². The van der Waals surface area contributed by atoms with Gasteiger partial charge in [0.2, 0.25) is 0 Å². The van der Waals surface area contributed by atoms with Gasteiger partial charge in [-0.05, 0) is 20.8 Å². The van der Waals surface area contributed by atoms with Crippen LogP contribution in [0.4, 0.5) is 0 Å². The van der Waals surface area contributed by atoms with E-state index in [2.05, 4.69) is 10.1 Å². The van der Waals surface area contributed by atoms with E-state index in [-0.39, 0.29) is 11.9 Å². The van der Waals surface area contributed by atoms with Crippen LogP contribution >= 0.6 is 0 Å². The van der Waals surface area contributed by atoms with Crippen molar-refractivity contribution in [2.24, 2.45) is 0 Å². The van der Waals surface area contributed by atoms with Gasteiger partial charge < -0.3 is 9.47 Å². The lowest BCUT2D eigenvalue weighted by molar-refractivity contribution is 0.0510. The number of ether oxygens (including phenoxy) is 2. The van der Waals surface area contributed by atoms with Gasteiger partial charge in [-0.1, -0.05) is 0 Å². The maximum Gasteiger partial charge on any atom is 0.378 e. The topological polar surface area (TPSA) is 66.2 Å². The number of nitrogens with zero attached hydrogens (tertiary/aromatic N) is 3. The van der Waals surface area contributed by atoms with Crippen LogP contribution in [0, 0.1) is 0 Å². The third kappa shape index (κ3) is 3.30. The van der Waals surface area contributed by atoms with Crippen LogP contribution in [0.2, 0.25) is 0 Å². The Balaban J connectivity index is 2.59. The van der Waals surface area contributed by atoms with Gasteiger partial charge in [0.05, 0.1) is 19.3 Å². The van der Waals surface area contributed by atoms with Gasteiger partial charge in [0.15, 0.2) is 0 Å². The summed E-state index contributed by atoms with van der Waals surface area (Å²) in [6.07, 6.45) is 1.51. The highest BCUT2D eigenvalue weighted by Gasteiger charge is 2.14. The van der Waals surface area contributed by atoms with Gasteiger partial charge >= 0.3 is 5.97 Å². The summed E-state index contributed by atoms with van der Waals surface area (Å²) >= 11 is 0. The summed E-state index contributed by atoms with van der Waals surface area (Å²) in [6.45, 7) is 7.14. The molecule has 1 aromatic rings. The smallest absolute Gasteiger partial charge is 0.378 e. The average Bonchev–Trinajstić information content (AvgIpc) is 2.75. The molecule has 0 aromatic carbocycles. The molecule has 0 N–H and O–H groups in total. The Bertz CT molecular complexity index is 338. The molecule has 1 heterocycles. The predicted octanol–water partition coefficient (Wildman–Crippen LogP) is 1.05. The molecule has 0 aliphatic carbocycles. The number of aromatic nitrogens is 3. The Morgan fingerprint density at radius 1 is 1.50 bits per heavy atom. The Hall–Kier alpha value is -1.43. The van der Waals surface area contributed by atoms with E-state index >= 15 is 0 Å². The van der Waals surface area contributed by atoms with E-state index in [1.807, 2.05) is 13.8 Å². The summed E-state index contributed by atoms with van der Waals surface area (Å²) in [4.78, 5) is 15.2. The molecule has 0 fully saturated rings. The molecule has 0 saturated heterocycles. The largest absolute Gasteiger partial charge is 0.460 e. The van der Waals surface area contributed by atoms with Crippen molar-refractivity contribution >= 4 is 5.97 Å². The van der Waals surface area contributed by atoms with Crippen LogP contribution < -0.4 is 0 Å². The van der Waals surface area contributed by atoms with Gasteiger partial charge in [-0.15, -0.1) is 5.10 Å². The second-order valence-corrected chi connectivity index (χ2v) is 3.28. The molecule has 6 nitrogen and oxygen atoms in total. The molecule has 0 radical (unpaired) electrons. The highest BCUT2D eigenvalue weighted by Crippen LogP contribution is 2.04. The molecule has 1 unspecified atom stereocenters. The minimum absolute atomic E-state index is 0.0515. The molecular formula is C10H17N3O3. The fourth-order valence-corrected chi connectivity index (χ4v) is 1.14. The van der Waals surface area contributed by atoms with Crippen molar-refractivity contribution in [2.75, 3.05) is 19.8 Å². The third-order valence-electron chi connectivity index (χ3n) is 1.98. The number of hydrogen-bond acceptors (Lipinski definition) is 5. The first-order valence-electron chi connectivity index (χ1n) is 5.35. The Labute approximate surface area is 94.6 Å². The molecule has 16 heavy (non-hydrogen) atoms. The van der Waals surface area contributed by atoms with Crippen molar-refractivity contribution in [1.29, 1.82) is 0 Å². The van der Waals surface area contributed by atoms with Gasteiger partial charge in [-0.3, -0.25) is 0 Å². The van der Waals surface area contributed by atoms with Gasteiger partial charge in [0.1, 0.15) is 6.33 Å². The zero-order valence-electron chi connectivity index (χ0n) is 9.84. The lowest BCUT2D eigenvalue weighted by atomic mass is 10.4. The molecule has 0 amide bonds. The molecule has 0 spiro atoms. The Morgan fingerprint density at radius 2 is 2.25 bits per heavy atom. The zero-order valence-corrected chi connectivity index (χ0v) is 9.84. The highest BCUT2D eigenvalue weighted by atomic mass is 16.5. The second-order valence-electron chi connectivity index (χ2n) is 3.28.